The Kier molecular flexibility index (Phi) is 5.22. The van der Waals surface area contributed by atoms with Crippen LogP contribution in [0, 0.1) is 5.92 Å². The molecule has 1 saturated carbocycles. The van der Waals surface area contributed by atoms with Crippen molar-refractivity contribution in [1.29, 1.82) is 0 Å². The molecule has 110 valence electrons. The topological polar surface area (TPSA) is 52.6 Å². The molecule has 0 spiro atoms. The number of nitrogens with one attached hydrogen (secondary N) is 1. The van der Waals surface area contributed by atoms with Gasteiger partial charge in [-0.3, -0.25) is 4.79 Å². The number of aliphatic carboxylic acids is 1. The Morgan fingerprint density at radius 1 is 1.37 bits per heavy atom. The number of carboxylic acids is 1. The molecule has 1 heterocycles. The van der Waals surface area contributed by atoms with Crippen molar-refractivity contribution in [3.05, 3.63) is 0 Å². The third-order valence-corrected chi connectivity index (χ3v) is 4.70. The second kappa shape index (κ2) is 6.71. The average Bonchev–Trinajstić information content (AvgIpc) is 3.19. The van der Waals surface area contributed by atoms with Gasteiger partial charge in [0.2, 0.25) is 0 Å². The lowest BCUT2D eigenvalue weighted by atomic mass is 9.91. The van der Waals surface area contributed by atoms with Gasteiger partial charge in [0.25, 0.3) is 0 Å². The first-order valence-corrected chi connectivity index (χ1v) is 7.83. The molecular weight excluding hydrogens is 240 g/mol. The molecule has 0 bridgehead atoms. The maximum Gasteiger partial charge on any atom is 0.320 e. The SMILES string of the molecule is CCC1CCC(C)N(CCC(NC2CC2)C(=O)O)C1. The lowest BCUT2D eigenvalue weighted by Crippen LogP contribution is -2.46. The molecule has 2 rings (SSSR count). The van der Waals surface area contributed by atoms with E-state index in [9.17, 15) is 9.90 Å². The van der Waals surface area contributed by atoms with Crippen LogP contribution in [0.15, 0.2) is 0 Å². The number of piperidine rings is 1. The standard InChI is InChI=1S/C15H28N2O2/c1-3-12-5-4-11(2)17(10-12)9-8-14(15(18)19)16-13-6-7-13/h11-14,16H,3-10H2,1-2H3,(H,18,19). The van der Waals surface area contributed by atoms with Crippen LogP contribution in [0.4, 0.5) is 0 Å². The number of nitrogens with zero attached hydrogens (tertiary/aromatic N) is 1. The monoisotopic (exact) mass is 268 g/mol. The molecule has 2 aliphatic rings. The molecule has 2 fully saturated rings. The summed E-state index contributed by atoms with van der Waals surface area (Å²) < 4.78 is 0. The number of hydrogen-bond acceptors (Lipinski definition) is 3. The van der Waals surface area contributed by atoms with Gasteiger partial charge in [0, 0.05) is 25.2 Å². The van der Waals surface area contributed by atoms with Gasteiger partial charge in [-0.15, -0.1) is 0 Å². The van der Waals surface area contributed by atoms with Crippen LogP contribution in [0.3, 0.4) is 0 Å². The maximum atomic E-state index is 11.3. The molecule has 4 heteroatoms. The zero-order valence-electron chi connectivity index (χ0n) is 12.3. The first-order chi connectivity index (χ1) is 9.10. The summed E-state index contributed by atoms with van der Waals surface area (Å²) in [5, 5.41) is 12.5. The Morgan fingerprint density at radius 2 is 2.11 bits per heavy atom. The summed E-state index contributed by atoms with van der Waals surface area (Å²) in [6, 6.07) is 0.711. The van der Waals surface area contributed by atoms with E-state index in [1.165, 1.54) is 19.3 Å². The highest BCUT2D eigenvalue weighted by molar-refractivity contribution is 5.73. The highest BCUT2D eigenvalue weighted by Crippen LogP contribution is 2.25. The van der Waals surface area contributed by atoms with E-state index in [0.717, 1.165) is 38.3 Å². The van der Waals surface area contributed by atoms with Crippen molar-refractivity contribution in [2.24, 2.45) is 5.92 Å². The summed E-state index contributed by atoms with van der Waals surface area (Å²) in [6.45, 7) is 6.59. The van der Waals surface area contributed by atoms with E-state index in [4.69, 9.17) is 0 Å². The van der Waals surface area contributed by atoms with E-state index in [2.05, 4.69) is 24.1 Å². The summed E-state index contributed by atoms with van der Waals surface area (Å²) >= 11 is 0. The number of carbonyl (C=O) groups is 1. The maximum absolute atomic E-state index is 11.3. The second-order valence-corrected chi connectivity index (χ2v) is 6.32. The largest absolute Gasteiger partial charge is 0.480 e. The normalized spacial score (nSPS) is 30.2. The van der Waals surface area contributed by atoms with Gasteiger partial charge in [-0.1, -0.05) is 13.3 Å². The van der Waals surface area contributed by atoms with Crippen LogP contribution in [-0.2, 0) is 4.79 Å². The van der Waals surface area contributed by atoms with Crippen molar-refractivity contribution in [3.63, 3.8) is 0 Å². The Hall–Kier alpha value is -0.610. The fraction of sp³-hybridized carbons (Fsp3) is 0.933. The van der Waals surface area contributed by atoms with Crippen molar-refractivity contribution in [2.45, 2.75) is 70.5 Å². The first-order valence-electron chi connectivity index (χ1n) is 7.83. The average molecular weight is 268 g/mol. The zero-order valence-corrected chi connectivity index (χ0v) is 12.3. The fourth-order valence-electron chi connectivity index (χ4n) is 3.01. The van der Waals surface area contributed by atoms with Gasteiger partial charge in [0.05, 0.1) is 0 Å². The predicted octanol–water partition coefficient (Wildman–Crippen LogP) is 2.09. The van der Waals surface area contributed by atoms with Crippen molar-refractivity contribution in [1.82, 2.24) is 10.2 Å². The van der Waals surface area contributed by atoms with Gasteiger partial charge < -0.3 is 15.3 Å². The summed E-state index contributed by atoms with van der Waals surface area (Å²) in [5.41, 5.74) is 0. The summed E-state index contributed by atoms with van der Waals surface area (Å²) in [4.78, 5) is 13.7. The van der Waals surface area contributed by atoms with Crippen LogP contribution in [0.25, 0.3) is 0 Å². The molecule has 0 aromatic carbocycles. The minimum Gasteiger partial charge on any atom is -0.480 e. The highest BCUT2D eigenvalue weighted by atomic mass is 16.4. The molecular formula is C15H28N2O2. The third kappa shape index (κ3) is 4.46. The zero-order chi connectivity index (χ0) is 13.8. The first kappa shape index (κ1) is 14.8. The van der Waals surface area contributed by atoms with Crippen molar-refractivity contribution in [3.8, 4) is 0 Å². The summed E-state index contributed by atoms with van der Waals surface area (Å²) in [6.07, 6.45) is 6.84. The van der Waals surface area contributed by atoms with E-state index in [-0.39, 0.29) is 6.04 Å². The number of hydrogen-bond donors (Lipinski definition) is 2. The molecule has 19 heavy (non-hydrogen) atoms. The quantitative estimate of drug-likeness (QED) is 0.742. The van der Waals surface area contributed by atoms with Crippen LogP contribution in [0.1, 0.15) is 52.4 Å². The number of likely N-dealkylation sites (tertiary alicyclic amines) is 1. The minimum absolute atomic E-state index is 0.360. The molecule has 2 N–H and O–H groups in total. The van der Waals surface area contributed by atoms with Crippen LogP contribution in [0.2, 0.25) is 0 Å². The molecule has 0 aromatic heterocycles. The lowest BCUT2D eigenvalue weighted by molar-refractivity contribution is -0.139. The Bertz CT molecular complexity index is 305. The molecule has 0 amide bonds. The van der Waals surface area contributed by atoms with Crippen molar-refractivity contribution >= 4 is 5.97 Å². The van der Waals surface area contributed by atoms with E-state index in [1.807, 2.05) is 0 Å². The van der Waals surface area contributed by atoms with Gasteiger partial charge in [0.15, 0.2) is 0 Å². The second-order valence-electron chi connectivity index (χ2n) is 6.32. The molecule has 1 aliphatic carbocycles. The van der Waals surface area contributed by atoms with Gasteiger partial charge in [-0.25, -0.2) is 0 Å². The van der Waals surface area contributed by atoms with Gasteiger partial charge >= 0.3 is 5.97 Å². The van der Waals surface area contributed by atoms with Crippen molar-refractivity contribution < 1.29 is 9.90 Å². The minimum atomic E-state index is -0.691. The Balaban J connectivity index is 1.79. The predicted molar refractivity (Wildman–Crippen MR) is 76.2 cm³/mol. The smallest absolute Gasteiger partial charge is 0.320 e. The summed E-state index contributed by atoms with van der Waals surface area (Å²) in [7, 11) is 0. The summed E-state index contributed by atoms with van der Waals surface area (Å²) in [5.74, 6) is 0.111. The number of rotatable bonds is 7. The molecule has 3 atom stereocenters. The molecule has 0 radical (unpaired) electrons. The highest BCUT2D eigenvalue weighted by Gasteiger charge is 2.30. The molecule has 1 aliphatic heterocycles. The lowest BCUT2D eigenvalue weighted by Gasteiger charge is -2.38. The molecule has 4 nitrogen and oxygen atoms in total. The van der Waals surface area contributed by atoms with Gasteiger partial charge in [-0.05, 0) is 44.9 Å². The third-order valence-electron chi connectivity index (χ3n) is 4.70. The van der Waals surface area contributed by atoms with Gasteiger partial charge in [-0.2, -0.15) is 0 Å². The van der Waals surface area contributed by atoms with E-state index >= 15 is 0 Å². The van der Waals surface area contributed by atoms with Gasteiger partial charge in [0.1, 0.15) is 6.04 Å². The molecule has 0 aromatic rings. The molecule has 3 unspecified atom stereocenters. The van der Waals surface area contributed by atoms with E-state index < -0.39 is 5.97 Å². The van der Waals surface area contributed by atoms with Crippen LogP contribution < -0.4 is 5.32 Å². The van der Waals surface area contributed by atoms with Crippen LogP contribution in [-0.4, -0.2) is 47.2 Å². The Labute approximate surface area is 116 Å². The van der Waals surface area contributed by atoms with Crippen LogP contribution >= 0.6 is 0 Å². The molecule has 1 saturated heterocycles. The Morgan fingerprint density at radius 3 is 2.68 bits per heavy atom. The van der Waals surface area contributed by atoms with Crippen molar-refractivity contribution in [2.75, 3.05) is 13.1 Å². The number of carboxylic acid groups (broad SMARTS) is 1. The van der Waals surface area contributed by atoms with E-state index in [0.29, 0.717) is 12.1 Å². The van der Waals surface area contributed by atoms with Crippen LogP contribution in [0.5, 0.6) is 0 Å². The van der Waals surface area contributed by atoms with E-state index in [1.54, 1.807) is 0 Å². The fourth-order valence-corrected chi connectivity index (χ4v) is 3.01.